The van der Waals surface area contributed by atoms with E-state index in [1.807, 2.05) is 34.6 Å². The number of ketones is 2. The number of nitrogens with zero attached hydrogens (tertiary/aromatic N) is 1. The van der Waals surface area contributed by atoms with Crippen molar-refractivity contribution in [2.24, 2.45) is 40.4 Å². The first-order valence-corrected chi connectivity index (χ1v) is 15.5. The van der Waals surface area contributed by atoms with Crippen LogP contribution in [0.2, 0.25) is 0 Å². The predicted octanol–water partition coefficient (Wildman–Crippen LogP) is 1.79. The molecule has 0 aromatic heterocycles. The van der Waals surface area contributed by atoms with Crippen molar-refractivity contribution in [2.75, 3.05) is 13.1 Å². The summed E-state index contributed by atoms with van der Waals surface area (Å²) in [6, 6.07) is -3.96. The molecule has 4 rings (SSSR count). The van der Waals surface area contributed by atoms with Gasteiger partial charge in [0.15, 0.2) is 5.78 Å². The van der Waals surface area contributed by atoms with Crippen LogP contribution in [0.1, 0.15) is 81.1 Å². The van der Waals surface area contributed by atoms with Crippen molar-refractivity contribution < 1.29 is 28.8 Å². The second-order valence-electron chi connectivity index (χ2n) is 14.8. The van der Waals surface area contributed by atoms with Gasteiger partial charge in [-0.25, -0.2) is 4.79 Å². The molecule has 0 aromatic rings. The summed E-state index contributed by atoms with van der Waals surface area (Å²) in [7, 11) is 0. The lowest BCUT2D eigenvalue weighted by atomic mass is 9.85. The molecule has 1 unspecified atom stereocenters. The zero-order valence-corrected chi connectivity index (χ0v) is 26.3. The molecule has 4 fully saturated rings. The zero-order valence-electron chi connectivity index (χ0n) is 26.3. The molecule has 1 saturated heterocycles. The molecule has 1 heterocycles. The minimum Gasteiger partial charge on any atom is -0.350 e. The van der Waals surface area contributed by atoms with Crippen LogP contribution in [-0.4, -0.2) is 77.5 Å². The summed E-state index contributed by atoms with van der Waals surface area (Å²) in [6.45, 7) is 15.8. The van der Waals surface area contributed by atoms with Gasteiger partial charge >= 0.3 is 6.03 Å². The van der Waals surface area contributed by atoms with Crippen LogP contribution in [0.5, 0.6) is 0 Å². The molecule has 4 N–H and O–H groups in total. The lowest BCUT2D eigenvalue weighted by Crippen LogP contribution is -2.62. The number of Topliss-reactive ketones (excluding diaryl/α,β-unsaturated/α-hetero) is 2. The van der Waals surface area contributed by atoms with Crippen LogP contribution < -0.4 is 21.3 Å². The lowest BCUT2D eigenvalue weighted by molar-refractivity contribution is -0.145. The number of urea groups is 1. The van der Waals surface area contributed by atoms with Gasteiger partial charge in [-0.15, -0.1) is 0 Å². The van der Waals surface area contributed by atoms with Crippen LogP contribution in [0.25, 0.3) is 0 Å². The van der Waals surface area contributed by atoms with Crippen molar-refractivity contribution in [1.82, 2.24) is 26.2 Å². The summed E-state index contributed by atoms with van der Waals surface area (Å²) >= 11 is 0. The first-order chi connectivity index (χ1) is 19.5. The number of carbonyl (C=O) groups excluding carboxylic acids is 6. The molecule has 0 radical (unpaired) electrons. The molecule has 11 nitrogen and oxygen atoms in total. The normalized spacial score (nSPS) is 26.4. The number of hydrogen-bond donors (Lipinski definition) is 4. The van der Waals surface area contributed by atoms with Crippen LogP contribution in [0, 0.1) is 40.4 Å². The topological polar surface area (TPSA) is 154 Å². The number of carbonyl (C=O) groups is 6. The number of nitrogens with one attached hydrogen (secondary N) is 4. The summed E-state index contributed by atoms with van der Waals surface area (Å²) in [5, 5.41) is 11.0. The van der Waals surface area contributed by atoms with Crippen molar-refractivity contribution in [3.63, 3.8) is 0 Å². The van der Waals surface area contributed by atoms with Gasteiger partial charge in [-0.05, 0) is 67.1 Å². The molecule has 5 amide bonds. The summed E-state index contributed by atoms with van der Waals surface area (Å²) in [5.41, 5.74) is -0.858. The molecule has 42 heavy (non-hydrogen) atoms. The van der Waals surface area contributed by atoms with E-state index in [0.717, 1.165) is 25.7 Å². The summed E-state index contributed by atoms with van der Waals surface area (Å²) < 4.78 is 0. The first-order valence-electron chi connectivity index (χ1n) is 15.5. The molecule has 3 saturated carbocycles. The third-order valence-corrected chi connectivity index (χ3v) is 9.62. The fourth-order valence-electron chi connectivity index (χ4n) is 6.58. The zero-order chi connectivity index (χ0) is 31.3. The largest absolute Gasteiger partial charge is 0.350 e. The van der Waals surface area contributed by atoms with E-state index >= 15 is 0 Å². The molecular weight excluding hydrogens is 538 g/mol. The van der Waals surface area contributed by atoms with E-state index < -0.39 is 53.2 Å². The maximum absolute atomic E-state index is 14.2. The molecule has 0 bridgehead atoms. The molecule has 234 valence electrons. The van der Waals surface area contributed by atoms with E-state index in [1.54, 1.807) is 11.8 Å². The van der Waals surface area contributed by atoms with Crippen molar-refractivity contribution >= 4 is 35.3 Å². The fourth-order valence-corrected chi connectivity index (χ4v) is 6.58. The Morgan fingerprint density at radius 2 is 1.55 bits per heavy atom. The van der Waals surface area contributed by atoms with Crippen molar-refractivity contribution in [3.8, 4) is 0 Å². The Morgan fingerprint density at radius 1 is 0.929 bits per heavy atom. The van der Waals surface area contributed by atoms with Gasteiger partial charge < -0.3 is 26.2 Å². The molecule has 1 aliphatic heterocycles. The van der Waals surface area contributed by atoms with Gasteiger partial charge in [0.1, 0.15) is 18.1 Å². The number of hydrogen-bond acceptors (Lipinski definition) is 6. The standard InChI is InChI=1S/C31H49N5O6/c1-9-32-27(40)24(38)21(16-10-11-16)33-26(39)22-19-18(31(19,7)8)14-36(22)28(41)25(30(4,5)6)35-29(42)34-20(15(2)3)23(37)17-12-13-17/h15-22,25H,9-14H2,1-8H3,(H,32,40)(H,33,39)(H2,34,35,42)/t18-,19-,20-,21?,22-,25+/m0/s1. The highest BCUT2D eigenvalue weighted by Gasteiger charge is 2.70. The highest BCUT2D eigenvalue weighted by Crippen LogP contribution is 2.65. The molecule has 0 aromatic carbocycles. The average Bonchev–Trinajstić information content (AvgIpc) is 3.82. The summed E-state index contributed by atoms with van der Waals surface area (Å²) in [5.74, 6) is -2.41. The second kappa shape index (κ2) is 11.6. The molecule has 11 heteroatoms. The lowest BCUT2D eigenvalue weighted by Gasteiger charge is -2.38. The SMILES string of the molecule is CCNC(=O)C(=O)C(NC(=O)[C@@H]1[C@@H]2[C@H](CN1C(=O)[C@@H](NC(=O)N[C@H](C(=O)C1CC1)C(C)C)C(C)(C)C)C2(C)C)C1CC1. The van der Waals surface area contributed by atoms with Crippen molar-refractivity contribution in [3.05, 3.63) is 0 Å². The molecule has 0 spiro atoms. The van der Waals surface area contributed by atoms with E-state index in [2.05, 4.69) is 35.1 Å². The van der Waals surface area contributed by atoms with Crippen molar-refractivity contribution in [1.29, 1.82) is 0 Å². The minimum absolute atomic E-state index is 0.0175. The third-order valence-electron chi connectivity index (χ3n) is 9.62. The van der Waals surface area contributed by atoms with Gasteiger partial charge in [-0.3, -0.25) is 24.0 Å². The van der Waals surface area contributed by atoms with Gasteiger partial charge in [0, 0.05) is 19.0 Å². The Hall–Kier alpha value is -2.98. The summed E-state index contributed by atoms with van der Waals surface area (Å²) in [6.07, 6.45) is 3.16. The third kappa shape index (κ3) is 6.49. The maximum atomic E-state index is 14.2. The Labute approximate surface area is 249 Å². The monoisotopic (exact) mass is 587 g/mol. The Kier molecular flexibility index (Phi) is 8.82. The van der Waals surface area contributed by atoms with Gasteiger partial charge in [-0.2, -0.15) is 0 Å². The number of fused-ring (bicyclic) bond motifs is 1. The molecule has 3 aliphatic carbocycles. The predicted molar refractivity (Wildman–Crippen MR) is 156 cm³/mol. The van der Waals surface area contributed by atoms with Crippen LogP contribution in [0.3, 0.4) is 0 Å². The van der Waals surface area contributed by atoms with Crippen LogP contribution in [0.15, 0.2) is 0 Å². The summed E-state index contributed by atoms with van der Waals surface area (Å²) in [4.78, 5) is 80.8. The Morgan fingerprint density at radius 3 is 2.05 bits per heavy atom. The van der Waals surface area contributed by atoms with Crippen LogP contribution in [-0.2, 0) is 24.0 Å². The molecular formula is C31H49N5O6. The smallest absolute Gasteiger partial charge is 0.316 e. The minimum atomic E-state index is -0.964. The van der Waals surface area contributed by atoms with E-state index in [-0.39, 0.29) is 46.7 Å². The Bertz CT molecular complexity index is 1140. The maximum Gasteiger partial charge on any atom is 0.316 e. The van der Waals surface area contributed by atoms with Gasteiger partial charge in [-0.1, -0.05) is 48.5 Å². The fraction of sp³-hybridized carbons (Fsp3) is 0.806. The highest BCUT2D eigenvalue weighted by molar-refractivity contribution is 6.38. The van der Waals surface area contributed by atoms with E-state index in [9.17, 15) is 28.8 Å². The van der Waals surface area contributed by atoms with E-state index in [4.69, 9.17) is 0 Å². The highest BCUT2D eigenvalue weighted by atomic mass is 16.2. The van der Waals surface area contributed by atoms with Crippen LogP contribution in [0.4, 0.5) is 4.79 Å². The Balaban J connectivity index is 1.52. The first kappa shape index (κ1) is 31.9. The molecule has 6 atom stereocenters. The quantitative estimate of drug-likeness (QED) is 0.255. The number of likely N-dealkylation sites (N-methyl/N-ethyl adjacent to an activating group) is 1. The number of rotatable bonds is 12. The second-order valence-corrected chi connectivity index (χ2v) is 14.8. The van der Waals surface area contributed by atoms with Gasteiger partial charge in [0.25, 0.3) is 5.91 Å². The number of likely N-dealkylation sites (tertiary alicyclic amines) is 1. The van der Waals surface area contributed by atoms with E-state index in [0.29, 0.717) is 13.1 Å². The average molecular weight is 588 g/mol. The number of piperidine rings is 1. The van der Waals surface area contributed by atoms with Crippen molar-refractivity contribution in [2.45, 2.75) is 105 Å². The van der Waals surface area contributed by atoms with Gasteiger partial charge in [0.05, 0.1) is 6.04 Å². The molecule has 4 aliphatic rings. The van der Waals surface area contributed by atoms with E-state index in [1.165, 1.54) is 0 Å². The number of amides is 5. The van der Waals surface area contributed by atoms with Crippen LogP contribution >= 0.6 is 0 Å². The van der Waals surface area contributed by atoms with Gasteiger partial charge in [0.2, 0.25) is 17.6 Å².